The Morgan fingerprint density at radius 1 is 1.33 bits per heavy atom. The summed E-state index contributed by atoms with van der Waals surface area (Å²) in [6.07, 6.45) is 6.95. The van der Waals surface area contributed by atoms with Gasteiger partial charge in [0.05, 0.1) is 5.69 Å². The lowest BCUT2D eigenvalue weighted by Gasteiger charge is -2.22. The third kappa shape index (κ3) is 3.61. The molecule has 138 valence electrons. The van der Waals surface area contributed by atoms with Crippen molar-refractivity contribution < 1.29 is 9.53 Å². The van der Waals surface area contributed by atoms with Gasteiger partial charge in [-0.3, -0.25) is 4.79 Å². The van der Waals surface area contributed by atoms with E-state index in [-0.39, 0.29) is 5.91 Å². The summed E-state index contributed by atoms with van der Waals surface area (Å²) in [6.45, 7) is 5.51. The number of fused-ring (bicyclic) bond motifs is 1. The molecule has 6 heteroatoms. The SMILES string of the molecule is C=CC(=O)NCc1cccc(-c2ncnc3[nH]cc(C4CCOCC4)c23)c1. The van der Waals surface area contributed by atoms with Gasteiger partial charge in [0, 0.05) is 36.9 Å². The topological polar surface area (TPSA) is 79.9 Å². The molecule has 2 N–H and O–H groups in total. The number of aromatic nitrogens is 3. The van der Waals surface area contributed by atoms with Crippen LogP contribution in [0.15, 0.2) is 49.4 Å². The zero-order valence-electron chi connectivity index (χ0n) is 15.1. The Balaban J connectivity index is 1.72. The van der Waals surface area contributed by atoms with Crippen molar-refractivity contribution in [3.8, 4) is 11.3 Å². The predicted molar refractivity (Wildman–Crippen MR) is 104 cm³/mol. The number of nitrogens with one attached hydrogen (secondary N) is 2. The van der Waals surface area contributed by atoms with Gasteiger partial charge in [-0.15, -0.1) is 0 Å². The molecule has 0 atom stereocenters. The molecule has 1 amide bonds. The Hall–Kier alpha value is -2.99. The fraction of sp³-hybridized carbons (Fsp3) is 0.286. The first-order chi connectivity index (χ1) is 13.3. The average Bonchev–Trinajstić information content (AvgIpc) is 3.17. The number of hydrogen-bond acceptors (Lipinski definition) is 4. The zero-order valence-corrected chi connectivity index (χ0v) is 15.1. The average molecular weight is 362 g/mol. The van der Waals surface area contributed by atoms with Gasteiger partial charge in [0.2, 0.25) is 5.91 Å². The molecule has 1 aromatic carbocycles. The number of carbonyl (C=O) groups excluding carboxylic acids is 1. The summed E-state index contributed by atoms with van der Waals surface area (Å²) < 4.78 is 5.51. The van der Waals surface area contributed by atoms with Crippen LogP contribution < -0.4 is 5.32 Å². The van der Waals surface area contributed by atoms with Crippen LogP contribution in [0.25, 0.3) is 22.3 Å². The highest BCUT2D eigenvalue weighted by atomic mass is 16.5. The molecule has 1 aliphatic rings. The van der Waals surface area contributed by atoms with E-state index in [0.717, 1.165) is 53.9 Å². The van der Waals surface area contributed by atoms with Crippen LogP contribution in [-0.4, -0.2) is 34.1 Å². The maximum absolute atomic E-state index is 11.4. The van der Waals surface area contributed by atoms with E-state index in [1.807, 2.05) is 18.2 Å². The van der Waals surface area contributed by atoms with E-state index in [4.69, 9.17) is 4.74 Å². The fourth-order valence-electron chi connectivity index (χ4n) is 3.63. The summed E-state index contributed by atoms with van der Waals surface area (Å²) in [5, 5.41) is 3.89. The van der Waals surface area contributed by atoms with Gasteiger partial charge in [-0.1, -0.05) is 24.8 Å². The molecule has 0 unspecified atom stereocenters. The molecule has 0 bridgehead atoms. The van der Waals surface area contributed by atoms with Crippen molar-refractivity contribution in [1.82, 2.24) is 20.3 Å². The van der Waals surface area contributed by atoms with E-state index in [9.17, 15) is 4.79 Å². The summed E-state index contributed by atoms with van der Waals surface area (Å²) in [7, 11) is 0. The molecule has 6 nitrogen and oxygen atoms in total. The smallest absolute Gasteiger partial charge is 0.243 e. The highest BCUT2D eigenvalue weighted by Crippen LogP contribution is 2.36. The van der Waals surface area contributed by atoms with Crippen LogP contribution in [0.2, 0.25) is 0 Å². The van der Waals surface area contributed by atoms with E-state index in [1.54, 1.807) is 6.33 Å². The van der Waals surface area contributed by atoms with E-state index in [2.05, 4.69) is 39.1 Å². The van der Waals surface area contributed by atoms with Gasteiger partial charge < -0.3 is 15.0 Å². The normalized spacial score (nSPS) is 15.0. The first-order valence-electron chi connectivity index (χ1n) is 9.15. The van der Waals surface area contributed by atoms with E-state index in [0.29, 0.717) is 12.5 Å². The molecule has 4 rings (SSSR count). The van der Waals surface area contributed by atoms with Crippen molar-refractivity contribution in [2.75, 3.05) is 13.2 Å². The number of aromatic amines is 1. The number of hydrogen-bond donors (Lipinski definition) is 2. The van der Waals surface area contributed by atoms with Crippen molar-refractivity contribution in [2.24, 2.45) is 0 Å². The first kappa shape index (κ1) is 17.4. The van der Waals surface area contributed by atoms with Crippen LogP contribution in [0.4, 0.5) is 0 Å². The standard InChI is InChI=1S/C21H22N4O2/c1-2-18(26)22-11-14-4-3-5-16(10-14)20-19-17(15-6-8-27-9-7-15)12-23-21(19)25-13-24-20/h2-5,10,12-13,15H,1,6-9,11H2,(H,22,26)(H,23,24,25). The summed E-state index contributed by atoms with van der Waals surface area (Å²) in [5.74, 6) is 0.268. The highest BCUT2D eigenvalue weighted by Gasteiger charge is 2.22. The highest BCUT2D eigenvalue weighted by molar-refractivity contribution is 5.94. The molecule has 0 radical (unpaired) electrons. The molecule has 0 saturated carbocycles. The minimum Gasteiger partial charge on any atom is -0.381 e. The van der Waals surface area contributed by atoms with Crippen LogP contribution in [0.1, 0.15) is 29.9 Å². The summed E-state index contributed by atoms with van der Waals surface area (Å²) in [6, 6.07) is 8.08. The van der Waals surface area contributed by atoms with E-state index < -0.39 is 0 Å². The molecule has 1 saturated heterocycles. The molecule has 1 aliphatic heterocycles. The minimum atomic E-state index is -0.183. The van der Waals surface area contributed by atoms with Gasteiger partial charge in [0.25, 0.3) is 0 Å². The Kier molecular flexibility index (Phi) is 4.98. The Morgan fingerprint density at radius 2 is 2.19 bits per heavy atom. The maximum Gasteiger partial charge on any atom is 0.243 e. The van der Waals surface area contributed by atoms with Gasteiger partial charge in [-0.05, 0) is 42.0 Å². The van der Waals surface area contributed by atoms with Gasteiger partial charge >= 0.3 is 0 Å². The largest absolute Gasteiger partial charge is 0.381 e. The summed E-state index contributed by atoms with van der Waals surface area (Å²) in [4.78, 5) is 23.7. The Labute approximate surface area is 157 Å². The van der Waals surface area contributed by atoms with Crippen molar-refractivity contribution >= 4 is 16.9 Å². The van der Waals surface area contributed by atoms with Crippen LogP contribution in [0.3, 0.4) is 0 Å². The van der Waals surface area contributed by atoms with E-state index >= 15 is 0 Å². The number of rotatable bonds is 5. The number of carbonyl (C=O) groups is 1. The number of H-pyrrole nitrogens is 1. The van der Waals surface area contributed by atoms with E-state index in [1.165, 1.54) is 11.6 Å². The third-order valence-electron chi connectivity index (χ3n) is 5.01. The van der Waals surface area contributed by atoms with Crippen molar-refractivity contribution in [1.29, 1.82) is 0 Å². The second-order valence-corrected chi connectivity index (χ2v) is 6.70. The molecule has 3 aromatic rings. The lowest BCUT2D eigenvalue weighted by atomic mass is 9.90. The number of amides is 1. The van der Waals surface area contributed by atoms with Gasteiger partial charge in [-0.2, -0.15) is 0 Å². The molecule has 1 fully saturated rings. The molecule has 0 spiro atoms. The lowest BCUT2D eigenvalue weighted by molar-refractivity contribution is -0.116. The lowest BCUT2D eigenvalue weighted by Crippen LogP contribution is -2.19. The Morgan fingerprint density at radius 3 is 3.00 bits per heavy atom. The number of nitrogens with zero attached hydrogens (tertiary/aromatic N) is 2. The number of benzene rings is 1. The van der Waals surface area contributed by atoms with Crippen LogP contribution in [0.5, 0.6) is 0 Å². The predicted octanol–water partition coefficient (Wildman–Crippen LogP) is 3.32. The molecular weight excluding hydrogens is 340 g/mol. The van der Waals surface area contributed by atoms with Gasteiger partial charge in [-0.25, -0.2) is 9.97 Å². The monoisotopic (exact) mass is 362 g/mol. The molecule has 0 aliphatic carbocycles. The van der Waals surface area contributed by atoms with Crippen LogP contribution >= 0.6 is 0 Å². The zero-order chi connectivity index (χ0) is 18.6. The van der Waals surface area contributed by atoms with Crippen LogP contribution in [-0.2, 0) is 16.1 Å². The Bertz CT molecular complexity index is 973. The third-order valence-corrected chi connectivity index (χ3v) is 5.01. The van der Waals surface area contributed by atoms with Crippen molar-refractivity contribution in [3.05, 3.63) is 60.6 Å². The number of ether oxygens (including phenoxy) is 1. The van der Waals surface area contributed by atoms with Crippen molar-refractivity contribution in [2.45, 2.75) is 25.3 Å². The van der Waals surface area contributed by atoms with Gasteiger partial charge in [0.1, 0.15) is 12.0 Å². The minimum absolute atomic E-state index is 0.183. The molecule has 3 heterocycles. The molecular formula is C21H22N4O2. The maximum atomic E-state index is 11.4. The second kappa shape index (κ2) is 7.72. The first-order valence-corrected chi connectivity index (χ1v) is 9.15. The van der Waals surface area contributed by atoms with Crippen LogP contribution in [0, 0.1) is 0 Å². The van der Waals surface area contributed by atoms with Gasteiger partial charge in [0.15, 0.2) is 0 Å². The quantitative estimate of drug-likeness (QED) is 0.683. The molecule has 27 heavy (non-hydrogen) atoms. The van der Waals surface area contributed by atoms with Crippen molar-refractivity contribution in [3.63, 3.8) is 0 Å². The second-order valence-electron chi connectivity index (χ2n) is 6.70. The summed E-state index contributed by atoms with van der Waals surface area (Å²) >= 11 is 0. The fourth-order valence-corrected chi connectivity index (χ4v) is 3.63. The summed E-state index contributed by atoms with van der Waals surface area (Å²) in [5.41, 5.74) is 5.05. The molecule has 2 aromatic heterocycles.